The van der Waals surface area contributed by atoms with E-state index in [-0.39, 0.29) is 0 Å². The van der Waals surface area contributed by atoms with E-state index in [1.54, 1.807) is 0 Å². The Morgan fingerprint density at radius 3 is 2.94 bits per heavy atom. The Morgan fingerprint density at radius 1 is 1.59 bits per heavy atom. The fourth-order valence-electron chi connectivity index (χ4n) is 1.97. The summed E-state index contributed by atoms with van der Waals surface area (Å²) >= 11 is 1.38. The number of nitrogens with one attached hydrogen (secondary N) is 1. The SMILES string of the molecule is CCN(CCNc1snc(C)c1C#N)C1CC1. The largest absolute Gasteiger partial charge is 0.373 e. The molecular formula is C12H18N4S. The van der Waals surface area contributed by atoms with E-state index in [9.17, 15) is 0 Å². The molecule has 5 heteroatoms. The van der Waals surface area contributed by atoms with Gasteiger partial charge in [0.2, 0.25) is 0 Å². The number of nitrogens with zero attached hydrogens (tertiary/aromatic N) is 3. The lowest BCUT2D eigenvalue weighted by Gasteiger charge is -2.19. The lowest BCUT2D eigenvalue weighted by molar-refractivity contribution is 0.289. The monoisotopic (exact) mass is 250 g/mol. The molecule has 92 valence electrons. The minimum absolute atomic E-state index is 0.699. The average molecular weight is 250 g/mol. The third-order valence-electron chi connectivity index (χ3n) is 3.13. The van der Waals surface area contributed by atoms with Gasteiger partial charge in [0.1, 0.15) is 16.6 Å². The second kappa shape index (κ2) is 5.48. The molecule has 1 fully saturated rings. The maximum absolute atomic E-state index is 9.01. The summed E-state index contributed by atoms with van der Waals surface area (Å²) < 4.78 is 4.20. The lowest BCUT2D eigenvalue weighted by Crippen LogP contribution is -2.30. The Labute approximate surface area is 106 Å². The third kappa shape index (κ3) is 2.96. The highest BCUT2D eigenvalue weighted by atomic mass is 32.1. The van der Waals surface area contributed by atoms with E-state index in [1.807, 2.05) is 6.92 Å². The molecule has 1 N–H and O–H groups in total. The summed E-state index contributed by atoms with van der Waals surface area (Å²) in [5.74, 6) is 0. The van der Waals surface area contributed by atoms with Crippen LogP contribution >= 0.6 is 11.5 Å². The molecule has 2 rings (SSSR count). The molecule has 0 aliphatic heterocycles. The van der Waals surface area contributed by atoms with Crippen LogP contribution in [0.4, 0.5) is 5.00 Å². The van der Waals surface area contributed by atoms with E-state index in [2.05, 4.69) is 27.6 Å². The molecule has 4 nitrogen and oxygen atoms in total. The summed E-state index contributed by atoms with van der Waals surface area (Å²) in [4.78, 5) is 2.49. The predicted molar refractivity (Wildman–Crippen MR) is 70.3 cm³/mol. The lowest BCUT2D eigenvalue weighted by atomic mass is 10.3. The van der Waals surface area contributed by atoms with Crippen molar-refractivity contribution in [3.05, 3.63) is 11.3 Å². The van der Waals surface area contributed by atoms with Crippen molar-refractivity contribution in [2.75, 3.05) is 25.0 Å². The van der Waals surface area contributed by atoms with Gasteiger partial charge in [-0.2, -0.15) is 9.64 Å². The Morgan fingerprint density at radius 2 is 2.35 bits per heavy atom. The van der Waals surface area contributed by atoms with Gasteiger partial charge in [0.05, 0.1) is 5.69 Å². The topological polar surface area (TPSA) is 52.0 Å². The number of aryl methyl sites for hydroxylation is 1. The number of hydrogen-bond donors (Lipinski definition) is 1. The fourth-order valence-corrected chi connectivity index (χ4v) is 2.74. The molecule has 0 saturated heterocycles. The first-order valence-electron chi connectivity index (χ1n) is 6.10. The number of aromatic nitrogens is 1. The van der Waals surface area contributed by atoms with E-state index in [0.29, 0.717) is 5.56 Å². The van der Waals surface area contributed by atoms with Crippen LogP contribution in [-0.4, -0.2) is 34.9 Å². The molecule has 0 amide bonds. The fraction of sp³-hybridized carbons (Fsp3) is 0.667. The highest BCUT2D eigenvalue weighted by Crippen LogP contribution is 2.26. The molecule has 1 aromatic rings. The molecular weight excluding hydrogens is 232 g/mol. The first-order valence-corrected chi connectivity index (χ1v) is 6.88. The highest BCUT2D eigenvalue weighted by molar-refractivity contribution is 7.10. The van der Waals surface area contributed by atoms with Crippen molar-refractivity contribution in [2.45, 2.75) is 32.7 Å². The van der Waals surface area contributed by atoms with Crippen molar-refractivity contribution < 1.29 is 0 Å². The number of rotatable bonds is 6. The second-order valence-corrected chi connectivity index (χ2v) is 5.14. The molecule has 0 spiro atoms. The van der Waals surface area contributed by atoms with E-state index in [1.165, 1.54) is 24.4 Å². The average Bonchev–Trinajstić information content (AvgIpc) is 3.10. The van der Waals surface area contributed by atoms with Crippen LogP contribution in [0.3, 0.4) is 0 Å². The molecule has 1 aliphatic carbocycles. The van der Waals surface area contributed by atoms with Crippen LogP contribution in [0.1, 0.15) is 31.0 Å². The summed E-state index contributed by atoms with van der Waals surface area (Å²) in [7, 11) is 0. The summed E-state index contributed by atoms with van der Waals surface area (Å²) in [5.41, 5.74) is 1.53. The maximum atomic E-state index is 9.01. The van der Waals surface area contributed by atoms with Crippen molar-refractivity contribution in [3.63, 3.8) is 0 Å². The Balaban J connectivity index is 1.83. The van der Waals surface area contributed by atoms with Crippen LogP contribution in [0.5, 0.6) is 0 Å². The molecule has 1 aromatic heterocycles. The smallest absolute Gasteiger partial charge is 0.127 e. The summed E-state index contributed by atoms with van der Waals surface area (Å²) in [6, 6.07) is 3.01. The molecule has 0 atom stereocenters. The minimum atomic E-state index is 0.699. The summed E-state index contributed by atoms with van der Waals surface area (Å²) in [6.45, 7) is 7.13. The van der Waals surface area contributed by atoms with Crippen LogP contribution < -0.4 is 5.32 Å². The zero-order valence-corrected chi connectivity index (χ0v) is 11.2. The van der Waals surface area contributed by atoms with Gasteiger partial charge in [-0.25, -0.2) is 0 Å². The van der Waals surface area contributed by atoms with Crippen LogP contribution in [0.25, 0.3) is 0 Å². The molecule has 0 radical (unpaired) electrons. The highest BCUT2D eigenvalue weighted by Gasteiger charge is 2.27. The quantitative estimate of drug-likeness (QED) is 0.841. The van der Waals surface area contributed by atoms with Gasteiger partial charge >= 0.3 is 0 Å². The second-order valence-electron chi connectivity index (χ2n) is 4.37. The van der Waals surface area contributed by atoms with Crippen molar-refractivity contribution >= 4 is 16.5 Å². The zero-order chi connectivity index (χ0) is 12.3. The van der Waals surface area contributed by atoms with Crippen LogP contribution in [0, 0.1) is 18.3 Å². The van der Waals surface area contributed by atoms with Gasteiger partial charge in [-0.05, 0) is 37.8 Å². The molecule has 17 heavy (non-hydrogen) atoms. The normalized spacial score (nSPS) is 14.9. The first-order chi connectivity index (χ1) is 8.26. The van der Waals surface area contributed by atoms with Gasteiger partial charge in [-0.15, -0.1) is 0 Å². The van der Waals surface area contributed by atoms with Gasteiger partial charge in [0, 0.05) is 19.1 Å². The van der Waals surface area contributed by atoms with Crippen molar-refractivity contribution in [1.82, 2.24) is 9.27 Å². The van der Waals surface area contributed by atoms with Gasteiger partial charge in [-0.3, -0.25) is 4.90 Å². The molecule has 1 aliphatic rings. The Kier molecular flexibility index (Phi) is 3.97. The molecule has 0 bridgehead atoms. The maximum Gasteiger partial charge on any atom is 0.127 e. The molecule has 0 unspecified atom stereocenters. The van der Waals surface area contributed by atoms with Crippen molar-refractivity contribution in [1.29, 1.82) is 5.26 Å². The molecule has 0 aromatic carbocycles. The van der Waals surface area contributed by atoms with Crippen LogP contribution in [-0.2, 0) is 0 Å². The van der Waals surface area contributed by atoms with Gasteiger partial charge in [0.25, 0.3) is 0 Å². The minimum Gasteiger partial charge on any atom is -0.373 e. The van der Waals surface area contributed by atoms with Gasteiger partial charge in [-0.1, -0.05) is 6.92 Å². The van der Waals surface area contributed by atoms with Crippen molar-refractivity contribution in [2.24, 2.45) is 0 Å². The number of anilines is 1. The summed E-state index contributed by atoms with van der Waals surface area (Å²) in [6.07, 6.45) is 2.69. The van der Waals surface area contributed by atoms with Crippen LogP contribution in [0.15, 0.2) is 0 Å². The number of nitriles is 1. The van der Waals surface area contributed by atoms with Crippen LogP contribution in [0.2, 0.25) is 0 Å². The summed E-state index contributed by atoms with van der Waals surface area (Å²) in [5, 5.41) is 13.2. The van der Waals surface area contributed by atoms with E-state index >= 15 is 0 Å². The third-order valence-corrected chi connectivity index (χ3v) is 4.02. The molecule has 1 heterocycles. The van der Waals surface area contributed by atoms with E-state index in [0.717, 1.165) is 36.4 Å². The van der Waals surface area contributed by atoms with E-state index < -0.39 is 0 Å². The van der Waals surface area contributed by atoms with E-state index in [4.69, 9.17) is 5.26 Å². The van der Waals surface area contributed by atoms with Gasteiger partial charge in [0.15, 0.2) is 0 Å². The zero-order valence-electron chi connectivity index (χ0n) is 10.4. The predicted octanol–water partition coefficient (Wildman–Crippen LogP) is 2.22. The first kappa shape index (κ1) is 12.3. The standard InChI is InChI=1S/C12H18N4S/c1-3-16(10-4-5-10)7-6-14-12-11(8-13)9(2)15-17-12/h10,14H,3-7H2,1-2H3. The molecule has 1 saturated carbocycles. The number of likely N-dealkylation sites (N-methyl/N-ethyl adjacent to an activating group) is 1. The van der Waals surface area contributed by atoms with Crippen molar-refractivity contribution in [3.8, 4) is 6.07 Å². The number of hydrogen-bond acceptors (Lipinski definition) is 5. The Hall–Kier alpha value is -1.12. The Bertz CT molecular complexity index is 417. The van der Waals surface area contributed by atoms with Gasteiger partial charge < -0.3 is 5.32 Å².